The quantitative estimate of drug-likeness (QED) is 0.792. The molecule has 2 aromatic rings. The summed E-state index contributed by atoms with van der Waals surface area (Å²) in [6.07, 6.45) is 2.34. The van der Waals surface area contributed by atoms with Crippen molar-refractivity contribution in [2.75, 3.05) is 32.4 Å². The number of sulfonamides is 1. The van der Waals surface area contributed by atoms with Crippen LogP contribution in [0.3, 0.4) is 0 Å². The molecule has 0 N–H and O–H groups in total. The van der Waals surface area contributed by atoms with Gasteiger partial charge in [-0.25, -0.2) is 17.7 Å². The molecule has 2 aliphatic heterocycles. The fourth-order valence-corrected chi connectivity index (χ4v) is 4.54. The van der Waals surface area contributed by atoms with Gasteiger partial charge in [-0.15, -0.1) is 0 Å². The summed E-state index contributed by atoms with van der Waals surface area (Å²) in [7, 11) is -3.16. The van der Waals surface area contributed by atoms with Gasteiger partial charge in [0.05, 0.1) is 24.9 Å². The van der Waals surface area contributed by atoms with Gasteiger partial charge in [-0.1, -0.05) is 18.2 Å². The first-order valence-electron chi connectivity index (χ1n) is 9.16. The minimum atomic E-state index is -3.16. The molecule has 27 heavy (non-hydrogen) atoms. The van der Waals surface area contributed by atoms with Crippen LogP contribution < -0.4 is 4.74 Å². The number of amides is 1. The van der Waals surface area contributed by atoms with Crippen LogP contribution in [0.1, 0.15) is 12.8 Å². The third-order valence-corrected chi connectivity index (χ3v) is 6.60. The van der Waals surface area contributed by atoms with Crippen LogP contribution >= 0.6 is 0 Å². The standard InChI is InChI=1S/C19H23N3O4S/c1-27(24,25)22-10-8-15(9-11-22)19(23)21-12-16(13-21)26-18-7-6-14-4-2-3-5-17(14)20-18/h2-7,15-16H,8-13H2,1H3. The lowest BCUT2D eigenvalue weighted by atomic mass is 9.95. The maximum Gasteiger partial charge on any atom is 0.226 e. The molecule has 144 valence electrons. The first-order valence-corrected chi connectivity index (χ1v) is 11.0. The number of carbonyl (C=O) groups excluding carboxylic acids is 1. The Bertz CT molecular complexity index is 948. The predicted molar refractivity (Wildman–Crippen MR) is 102 cm³/mol. The summed E-state index contributed by atoms with van der Waals surface area (Å²) in [6, 6.07) is 11.7. The molecule has 2 fully saturated rings. The van der Waals surface area contributed by atoms with Crippen LogP contribution in [0.2, 0.25) is 0 Å². The SMILES string of the molecule is CS(=O)(=O)N1CCC(C(=O)N2CC(Oc3ccc4ccccc4n3)C2)CC1. The van der Waals surface area contributed by atoms with Crippen LogP contribution in [0, 0.1) is 5.92 Å². The van der Waals surface area contributed by atoms with E-state index >= 15 is 0 Å². The summed E-state index contributed by atoms with van der Waals surface area (Å²) in [5.41, 5.74) is 0.889. The van der Waals surface area contributed by atoms with Gasteiger partial charge in [0.25, 0.3) is 0 Å². The number of nitrogens with zero attached hydrogens (tertiary/aromatic N) is 3. The number of hydrogen-bond acceptors (Lipinski definition) is 5. The molecule has 8 heteroatoms. The second kappa shape index (κ2) is 7.09. The van der Waals surface area contributed by atoms with Gasteiger partial charge in [-0.05, 0) is 25.0 Å². The predicted octanol–water partition coefficient (Wildman–Crippen LogP) is 1.50. The molecule has 3 heterocycles. The Balaban J connectivity index is 1.28. The molecule has 0 radical (unpaired) electrons. The van der Waals surface area contributed by atoms with Crippen molar-refractivity contribution in [2.24, 2.45) is 5.92 Å². The van der Waals surface area contributed by atoms with Gasteiger partial charge < -0.3 is 9.64 Å². The number of carbonyl (C=O) groups is 1. The number of pyridine rings is 1. The first kappa shape index (κ1) is 18.2. The summed E-state index contributed by atoms with van der Waals surface area (Å²) in [4.78, 5) is 18.9. The summed E-state index contributed by atoms with van der Waals surface area (Å²) in [5, 5.41) is 1.07. The van der Waals surface area contributed by atoms with Crippen molar-refractivity contribution < 1.29 is 17.9 Å². The molecule has 1 amide bonds. The third-order valence-electron chi connectivity index (χ3n) is 5.29. The number of piperidine rings is 1. The second-order valence-corrected chi connectivity index (χ2v) is 9.24. The Morgan fingerprint density at radius 2 is 1.81 bits per heavy atom. The minimum Gasteiger partial charge on any atom is -0.471 e. The number of hydrogen-bond donors (Lipinski definition) is 0. The van der Waals surface area contributed by atoms with Crippen molar-refractivity contribution in [3.05, 3.63) is 36.4 Å². The third kappa shape index (κ3) is 3.91. The second-order valence-electron chi connectivity index (χ2n) is 7.26. The Kier molecular flexibility index (Phi) is 4.77. The van der Waals surface area contributed by atoms with E-state index in [0.717, 1.165) is 10.9 Å². The van der Waals surface area contributed by atoms with Crippen molar-refractivity contribution in [1.82, 2.24) is 14.2 Å². The molecule has 0 bridgehead atoms. The Labute approximate surface area is 159 Å². The monoisotopic (exact) mass is 389 g/mol. The van der Waals surface area contributed by atoms with Gasteiger partial charge in [0, 0.05) is 30.5 Å². The number of rotatable bonds is 4. The number of aromatic nitrogens is 1. The van der Waals surface area contributed by atoms with Crippen molar-refractivity contribution in [3.8, 4) is 5.88 Å². The molecule has 4 rings (SSSR count). The van der Waals surface area contributed by atoms with E-state index in [1.54, 1.807) is 4.90 Å². The highest BCUT2D eigenvalue weighted by molar-refractivity contribution is 7.88. The summed E-state index contributed by atoms with van der Waals surface area (Å²) < 4.78 is 30.5. The zero-order chi connectivity index (χ0) is 19.0. The van der Waals surface area contributed by atoms with Gasteiger partial charge in [-0.3, -0.25) is 4.79 Å². The zero-order valence-electron chi connectivity index (χ0n) is 15.2. The number of benzene rings is 1. The van der Waals surface area contributed by atoms with Gasteiger partial charge in [0.2, 0.25) is 21.8 Å². The lowest BCUT2D eigenvalue weighted by molar-refractivity contribution is -0.145. The van der Waals surface area contributed by atoms with Crippen molar-refractivity contribution >= 4 is 26.8 Å². The normalized spacial score (nSPS) is 19.8. The van der Waals surface area contributed by atoms with E-state index in [9.17, 15) is 13.2 Å². The molecule has 1 aromatic heterocycles. The van der Waals surface area contributed by atoms with Gasteiger partial charge in [0.1, 0.15) is 6.10 Å². The van der Waals surface area contributed by atoms with E-state index < -0.39 is 10.0 Å². The van der Waals surface area contributed by atoms with Crippen LogP contribution in [0.15, 0.2) is 36.4 Å². The van der Waals surface area contributed by atoms with E-state index in [1.165, 1.54) is 10.6 Å². The molecule has 0 saturated carbocycles. The highest BCUT2D eigenvalue weighted by atomic mass is 32.2. The average Bonchev–Trinajstić information content (AvgIpc) is 2.63. The zero-order valence-corrected chi connectivity index (χ0v) is 16.1. The Morgan fingerprint density at radius 1 is 1.11 bits per heavy atom. The molecule has 0 aliphatic carbocycles. The van der Waals surface area contributed by atoms with Crippen molar-refractivity contribution in [1.29, 1.82) is 0 Å². The molecule has 2 saturated heterocycles. The van der Waals surface area contributed by atoms with E-state index in [0.29, 0.717) is 44.9 Å². The molecular formula is C19H23N3O4S. The van der Waals surface area contributed by atoms with E-state index in [-0.39, 0.29) is 17.9 Å². The number of fused-ring (bicyclic) bond motifs is 1. The fourth-order valence-electron chi connectivity index (χ4n) is 3.67. The van der Waals surface area contributed by atoms with Crippen molar-refractivity contribution in [3.63, 3.8) is 0 Å². The lowest BCUT2D eigenvalue weighted by Crippen LogP contribution is -2.58. The van der Waals surface area contributed by atoms with E-state index in [2.05, 4.69) is 4.98 Å². The average molecular weight is 389 g/mol. The summed E-state index contributed by atoms with van der Waals surface area (Å²) in [5.74, 6) is 0.587. The van der Waals surface area contributed by atoms with E-state index in [4.69, 9.17) is 4.74 Å². The summed E-state index contributed by atoms with van der Waals surface area (Å²) >= 11 is 0. The van der Waals surface area contributed by atoms with Crippen molar-refractivity contribution in [2.45, 2.75) is 18.9 Å². The minimum absolute atomic E-state index is 0.0429. The van der Waals surface area contributed by atoms with Crippen LogP contribution in [0.4, 0.5) is 0 Å². The molecular weight excluding hydrogens is 366 g/mol. The number of para-hydroxylation sites is 1. The highest BCUT2D eigenvalue weighted by Crippen LogP contribution is 2.25. The van der Waals surface area contributed by atoms with Crippen LogP contribution in [0.25, 0.3) is 10.9 Å². The Hall–Kier alpha value is -2.19. The topological polar surface area (TPSA) is 79.8 Å². The number of likely N-dealkylation sites (tertiary alicyclic amines) is 1. The lowest BCUT2D eigenvalue weighted by Gasteiger charge is -2.41. The van der Waals surface area contributed by atoms with Crippen LogP contribution in [-0.2, 0) is 14.8 Å². The van der Waals surface area contributed by atoms with Crippen LogP contribution in [-0.4, -0.2) is 67.1 Å². The first-order chi connectivity index (χ1) is 12.9. The highest BCUT2D eigenvalue weighted by Gasteiger charge is 2.38. The van der Waals surface area contributed by atoms with E-state index in [1.807, 2.05) is 36.4 Å². The fraction of sp³-hybridized carbons (Fsp3) is 0.474. The van der Waals surface area contributed by atoms with Gasteiger partial charge >= 0.3 is 0 Å². The van der Waals surface area contributed by atoms with Gasteiger partial charge in [-0.2, -0.15) is 0 Å². The van der Waals surface area contributed by atoms with Crippen LogP contribution in [0.5, 0.6) is 5.88 Å². The molecule has 7 nitrogen and oxygen atoms in total. The maximum atomic E-state index is 12.6. The molecule has 0 atom stereocenters. The maximum absolute atomic E-state index is 12.6. The van der Waals surface area contributed by atoms with Gasteiger partial charge in [0.15, 0.2) is 0 Å². The molecule has 2 aliphatic rings. The molecule has 0 unspecified atom stereocenters. The Morgan fingerprint density at radius 3 is 2.52 bits per heavy atom. The number of ether oxygens (including phenoxy) is 1. The largest absolute Gasteiger partial charge is 0.471 e. The summed E-state index contributed by atoms with van der Waals surface area (Å²) in [6.45, 7) is 1.95. The molecule has 1 aromatic carbocycles. The smallest absolute Gasteiger partial charge is 0.226 e. The molecule has 0 spiro atoms.